The first-order valence-corrected chi connectivity index (χ1v) is 8.72. The summed E-state index contributed by atoms with van der Waals surface area (Å²) in [6.07, 6.45) is 6.50. The monoisotopic (exact) mass is 295 g/mol. The number of aliphatic imine (C=N–C) groups is 1. The van der Waals surface area contributed by atoms with Gasteiger partial charge in [0.1, 0.15) is 0 Å². The molecule has 2 rings (SSSR count). The number of hydrogen-bond acceptors (Lipinski definition) is 3. The molecule has 0 aromatic heterocycles. The Labute approximate surface area is 130 Å². The molecule has 0 aromatic carbocycles. The lowest BCUT2D eigenvalue weighted by molar-refractivity contribution is 0.109. The molecule has 1 unspecified atom stereocenters. The Hall–Kier alpha value is -0.810. The first-order chi connectivity index (χ1) is 10.2. The second-order valence-corrected chi connectivity index (χ2v) is 6.52. The number of guanidine groups is 1. The molecule has 1 saturated heterocycles. The summed E-state index contributed by atoms with van der Waals surface area (Å²) in [5.41, 5.74) is 6.04. The van der Waals surface area contributed by atoms with Gasteiger partial charge in [0.05, 0.1) is 6.54 Å². The Morgan fingerprint density at radius 1 is 1.19 bits per heavy atom. The molecule has 0 bridgehead atoms. The van der Waals surface area contributed by atoms with E-state index in [0.29, 0.717) is 18.0 Å². The van der Waals surface area contributed by atoms with E-state index in [0.717, 1.165) is 19.6 Å². The number of rotatable bonds is 5. The molecule has 5 nitrogen and oxygen atoms in total. The van der Waals surface area contributed by atoms with Crippen LogP contribution >= 0.6 is 0 Å². The maximum atomic E-state index is 6.04. The van der Waals surface area contributed by atoms with Crippen molar-refractivity contribution < 1.29 is 0 Å². The Morgan fingerprint density at radius 2 is 1.86 bits per heavy atom. The van der Waals surface area contributed by atoms with Crippen molar-refractivity contribution >= 4 is 5.96 Å². The molecular formula is C16H33N5. The van der Waals surface area contributed by atoms with E-state index in [2.05, 4.69) is 34.0 Å². The van der Waals surface area contributed by atoms with E-state index < -0.39 is 0 Å². The summed E-state index contributed by atoms with van der Waals surface area (Å²) in [4.78, 5) is 9.60. The van der Waals surface area contributed by atoms with E-state index in [4.69, 9.17) is 5.73 Å². The minimum absolute atomic E-state index is 0.482. The smallest absolute Gasteiger partial charge is 0.188 e. The minimum Gasteiger partial charge on any atom is -0.370 e. The van der Waals surface area contributed by atoms with E-state index in [1.54, 1.807) is 0 Å². The average molecular weight is 295 g/mol. The zero-order valence-corrected chi connectivity index (χ0v) is 13.9. The highest BCUT2D eigenvalue weighted by molar-refractivity contribution is 5.78. The van der Waals surface area contributed by atoms with Crippen molar-refractivity contribution in [3.05, 3.63) is 0 Å². The lowest BCUT2D eigenvalue weighted by Crippen LogP contribution is -2.50. The number of hydrogen-bond donors (Lipinski definition) is 2. The minimum atomic E-state index is 0.482. The molecule has 3 N–H and O–H groups in total. The lowest BCUT2D eigenvalue weighted by Gasteiger charge is -2.37. The van der Waals surface area contributed by atoms with Gasteiger partial charge in [0.2, 0.25) is 0 Å². The van der Waals surface area contributed by atoms with Crippen LogP contribution in [-0.2, 0) is 0 Å². The number of nitrogens with two attached hydrogens (primary N) is 1. The highest BCUT2D eigenvalue weighted by Crippen LogP contribution is 2.17. The van der Waals surface area contributed by atoms with Crippen LogP contribution in [0, 0.1) is 0 Å². The van der Waals surface area contributed by atoms with Crippen LogP contribution in [0.4, 0.5) is 0 Å². The first-order valence-electron chi connectivity index (χ1n) is 8.72. The van der Waals surface area contributed by atoms with Crippen LogP contribution in [-0.4, -0.2) is 67.1 Å². The van der Waals surface area contributed by atoms with Gasteiger partial charge in [0.15, 0.2) is 5.96 Å². The molecule has 0 radical (unpaired) electrons. The summed E-state index contributed by atoms with van der Waals surface area (Å²) in [5.74, 6) is 0.640. The molecule has 21 heavy (non-hydrogen) atoms. The molecule has 5 heteroatoms. The third-order valence-corrected chi connectivity index (χ3v) is 4.96. The largest absolute Gasteiger partial charge is 0.370 e. The van der Waals surface area contributed by atoms with Gasteiger partial charge in [-0.3, -0.25) is 9.89 Å². The normalized spacial score (nSPS) is 25.0. The van der Waals surface area contributed by atoms with Crippen LogP contribution in [0.3, 0.4) is 0 Å². The molecule has 0 spiro atoms. The SMILES string of the molecule is CCN1CCN(C(C)CN=C(N)NC2CCCCC2)CC1. The Morgan fingerprint density at radius 3 is 2.48 bits per heavy atom. The summed E-state index contributed by atoms with van der Waals surface area (Å²) in [5, 5.41) is 3.39. The fourth-order valence-electron chi connectivity index (χ4n) is 3.37. The van der Waals surface area contributed by atoms with Crippen molar-refractivity contribution in [3.63, 3.8) is 0 Å². The summed E-state index contributed by atoms with van der Waals surface area (Å²) in [6.45, 7) is 11.1. The summed E-state index contributed by atoms with van der Waals surface area (Å²) in [6, 6.07) is 1.03. The van der Waals surface area contributed by atoms with Gasteiger partial charge >= 0.3 is 0 Å². The van der Waals surface area contributed by atoms with Gasteiger partial charge in [-0.1, -0.05) is 26.2 Å². The van der Waals surface area contributed by atoms with Crippen molar-refractivity contribution in [3.8, 4) is 0 Å². The lowest BCUT2D eigenvalue weighted by atomic mass is 9.96. The standard InChI is InChI=1S/C16H33N5/c1-3-20-9-11-21(12-10-20)14(2)13-18-16(17)19-15-7-5-4-6-8-15/h14-15H,3-13H2,1-2H3,(H3,17,18,19). The second-order valence-electron chi connectivity index (χ2n) is 6.52. The van der Waals surface area contributed by atoms with Gasteiger partial charge in [-0.25, -0.2) is 0 Å². The second kappa shape index (κ2) is 8.59. The highest BCUT2D eigenvalue weighted by atomic mass is 15.3. The summed E-state index contributed by atoms with van der Waals surface area (Å²) < 4.78 is 0. The molecular weight excluding hydrogens is 262 g/mol. The highest BCUT2D eigenvalue weighted by Gasteiger charge is 2.20. The molecule has 2 aliphatic rings. The fourth-order valence-corrected chi connectivity index (χ4v) is 3.37. The van der Waals surface area contributed by atoms with Gasteiger partial charge < -0.3 is 16.0 Å². The topological polar surface area (TPSA) is 56.9 Å². The summed E-state index contributed by atoms with van der Waals surface area (Å²) >= 11 is 0. The fraction of sp³-hybridized carbons (Fsp3) is 0.938. The third-order valence-electron chi connectivity index (χ3n) is 4.96. The maximum Gasteiger partial charge on any atom is 0.188 e. The van der Waals surface area contributed by atoms with Crippen LogP contribution in [0.1, 0.15) is 46.0 Å². The quantitative estimate of drug-likeness (QED) is 0.592. The van der Waals surface area contributed by atoms with Gasteiger partial charge in [-0.2, -0.15) is 0 Å². The molecule has 1 aliphatic carbocycles. The maximum absolute atomic E-state index is 6.04. The van der Waals surface area contributed by atoms with E-state index in [-0.39, 0.29) is 0 Å². The predicted molar refractivity (Wildman–Crippen MR) is 89.6 cm³/mol. The molecule has 0 amide bonds. The van der Waals surface area contributed by atoms with Gasteiger partial charge in [-0.15, -0.1) is 0 Å². The molecule has 1 aliphatic heterocycles. The van der Waals surface area contributed by atoms with E-state index >= 15 is 0 Å². The molecule has 122 valence electrons. The number of piperazine rings is 1. The van der Waals surface area contributed by atoms with Crippen LogP contribution in [0.15, 0.2) is 4.99 Å². The van der Waals surface area contributed by atoms with Crippen LogP contribution in [0.2, 0.25) is 0 Å². The first kappa shape index (κ1) is 16.6. The van der Waals surface area contributed by atoms with Crippen LogP contribution < -0.4 is 11.1 Å². The number of likely N-dealkylation sites (N-methyl/N-ethyl adjacent to an activating group) is 1. The molecule has 1 heterocycles. The Kier molecular flexibility index (Phi) is 6.77. The van der Waals surface area contributed by atoms with Gasteiger partial charge in [0.25, 0.3) is 0 Å². The van der Waals surface area contributed by atoms with Crippen molar-refractivity contribution in [2.24, 2.45) is 10.7 Å². The van der Waals surface area contributed by atoms with E-state index in [1.165, 1.54) is 51.7 Å². The Bertz CT molecular complexity index is 317. The number of nitrogens with one attached hydrogen (secondary N) is 1. The van der Waals surface area contributed by atoms with Crippen molar-refractivity contribution in [2.45, 2.75) is 58.0 Å². The number of nitrogens with zero attached hydrogens (tertiary/aromatic N) is 3. The van der Waals surface area contributed by atoms with Crippen molar-refractivity contribution in [2.75, 3.05) is 39.3 Å². The molecule has 2 fully saturated rings. The summed E-state index contributed by atoms with van der Waals surface area (Å²) in [7, 11) is 0. The van der Waals surface area contributed by atoms with E-state index in [1.807, 2.05) is 0 Å². The molecule has 0 aromatic rings. The molecule has 1 atom stereocenters. The van der Waals surface area contributed by atoms with E-state index in [9.17, 15) is 0 Å². The van der Waals surface area contributed by atoms with Crippen LogP contribution in [0.5, 0.6) is 0 Å². The van der Waals surface area contributed by atoms with Gasteiger partial charge in [0, 0.05) is 38.3 Å². The van der Waals surface area contributed by atoms with Crippen LogP contribution in [0.25, 0.3) is 0 Å². The predicted octanol–water partition coefficient (Wildman–Crippen LogP) is 1.25. The van der Waals surface area contributed by atoms with Crippen molar-refractivity contribution in [1.82, 2.24) is 15.1 Å². The van der Waals surface area contributed by atoms with Crippen molar-refractivity contribution in [1.29, 1.82) is 0 Å². The van der Waals surface area contributed by atoms with Gasteiger partial charge in [-0.05, 0) is 26.3 Å². The zero-order valence-electron chi connectivity index (χ0n) is 13.9. The molecule has 1 saturated carbocycles. The third kappa shape index (κ3) is 5.47. The zero-order chi connectivity index (χ0) is 15.1. The average Bonchev–Trinajstić information content (AvgIpc) is 2.53. The Balaban J connectivity index is 1.69.